The quantitative estimate of drug-likeness (QED) is 0.789. The van der Waals surface area contributed by atoms with Crippen LogP contribution in [0.4, 0.5) is 0 Å². The average molecular weight is 374 g/mol. The van der Waals surface area contributed by atoms with Crippen LogP contribution in [0.5, 0.6) is 5.75 Å². The molecule has 3 rings (SSSR count). The van der Waals surface area contributed by atoms with E-state index in [0.29, 0.717) is 19.5 Å². The van der Waals surface area contributed by atoms with E-state index in [4.69, 9.17) is 4.74 Å². The molecule has 3 atom stereocenters. The van der Waals surface area contributed by atoms with Crippen LogP contribution in [0.1, 0.15) is 44.2 Å². The van der Waals surface area contributed by atoms with E-state index < -0.39 is 0 Å². The molecule has 3 unspecified atom stereocenters. The van der Waals surface area contributed by atoms with Gasteiger partial charge in [-0.1, -0.05) is 31.9 Å². The van der Waals surface area contributed by atoms with Crippen molar-refractivity contribution in [3.63, 3.8) is 0 Å². The molecule has 0 aliphatic carbocycles. The van der Waals surface area contributed by atoms with E-state index in [9.17, 15) is 9.59 Å². The van der Waals surface area contributed by atoms with Crippen LogP contribution in [0.3, 0.4) is 0 Å². The normalized spacial score (nSPS) is 25.7. The topological polar surface area (TPSA) is 73.9 Å². The summed E-state index contributed by atoms with van der Waals surface area (Å²) < 4.78 is 5.29. The fourth-order valence-corrected chi connectivity index (χ4v) is 3.85. The van der Waals surface area contributed by atoms with Crippen molar-refractivity contribution in [3.8, 4) is 5.75 Å². The Hall–Kier alpha value is -2.12. The number of hydrogen-bond donors (Lipinski definition) is 2. The number of carbonyl (C=O) groups excluding carboxylic acids is 2. The molecule has 0 aromatic heterocycles. The molecule has 2 N–H and O–H groups in total. The van der Waals surface area contributed by atoms with Gasteiger partial charge in [0.2, 0.25) is 11.8 Å². The minimum atomic E-state index is -0.339. The molecule has 1 aromatic rings. The highest BCUT2D eigenvalue weighted by molar-refractivity contribution is 5.91. The molecule has 2 heterocycles. The highest BCUT2D eigenvalue weighted by atomic mass is 16.5. The molecule has 7 nitrogen and oxygen atoms in total. The molecular weight excluding hydrogens is 344 g/mol. The molecule has 2 amide bonds. The maximum absolute atomic E-state index is 13.2. The van der Waals surface area contributed by atoms with Crippen LogP contribution in [0, 0.1) is 0 Å². The van der Waals surface area contributed by atoms with Crippen molar-refractivity contribution in [2.24, 2.45) is 0 Å². The van der Waals surface area contributed by atoms with Crippen LogP contribution in [0.25, 0.3) is 0 Å². The van der Waals surface area contributed by atoms with Gasteiger partial charge in [0, 0.05) is 26.2 Å². The van der Waals surface area contributed by atoms with E-state index in [1.165, 1.54) is 0 Å². The van der Waals surface area contributed by atoms with Crippen LogP contribution < -0.4 is 15.6 Å². The predicted molar refractivity (Wildman–Crippen MR) is 103 cm³/mol. The predicted octanol–water partition coefficient (Wildman–Crippen LogP) is 1.46. The number of piperazine rings is 1. The van der Waals surface area contributed by atoms with Gasteiger partial charge in [0.1, 0.15) is 17.8 Å². The second-order valence-electron chi connectivity index (χ2n) is 7.36. The maximum Gasteiger partial charge on any atom is 0.245 e. The zero-order chi connectivity index (χ0) is 19.4. The van der Waals surface area contributed by atoms with E-state index in [1.54, 1.807) is 16.9 Å². The van der Waals surface area contributed by atoms with Gasteiger partial charge in [-0.2, -0.15) is 0 Å². The number of hydrazine groups is 1. The van der Waals surface area contributed by atoms with E-state index in [-0.39, 0.29) is 29.9 Å². The van der Waals surface area contributed by atoms with Crippen LogP contribution >= 0.6 is 0 Å². The number of nitrogens with zero attached hydrogens (tertiary/aromatic N) is 2. The summed E-state index contributed by atoms with van der Waals surface area (Å²) in [6, 6.07) is 7.23. The Morgan fingerprint density at radius 1 is 1.30 bits per heavy atom. The van der Waals surface area contributed by atoms with E-state index >= 15 is 0 Å². The standard InChI is InChI=1S/C20H30N4O3/c1-4-5-9-18-20(26)23(2)10-11-24(18)19(25)17-13-16(21-22-17)14-7-6-8-15(12-14)27-3/h6-8,12,16-18,21-22H,4-5,9-11,13H2,1-3H3. The number of nitrogens with one attached hydrogen (secondary N) is 2. The van der Waals surface area contributed by atoms with Crippen molar-refractivity contribution in [1.29, 1.82) is 0 Å². The maximum atomic E-state index is 13.2. The van der Waals surface area contributed by atoms with Crippen LogP contribution in [-0.2, 0) is 9.59 Å². The Kier molecular flexibility index (Phi) is 6.34. The number of methoxy groups -OCH3 is 1. The first-order valence-corrected chi connectivity index (χ1v) is 9.75. The lowest BCUT2D eigenvalue weighted by atomic mass is 9.99. The van der Waals surface area contributed by atoms with Crippen LogP contribution in [0.2, 0.25) is 0 Å². The van der Waals surface area contributed by atoms with Gasteiger partial charge in [-0.3, -0.25) is 9.59 Å². The fraction of sp³-hybridized carbons (Fsp3) is 0.600. The minimum Gasteiger partial charge on any atom is -0.497 e. The first-order valence-electron chi connectivity index (χ1n) is 9.75. The molecule has 2 saturated heterocycles. The van der Waals surface area contributed by atoms with Crippen molar-refractivity contribution >= 4 is 11.8 Å². The Labute approximate surface area is 161 Å². The minimum absolute atomic E-state index is 0.00968. The van der Waals surface area contributed by atoms with Crippen LogP contribution in [-0.4, -0.2) is 60.9 Å². The van der Waals surface area contributed by atoms with Gasteiger partial charge in [0.15, 0.2) is 0 Å². The lowest BCUT2D eigenvalue weighted by molar-refractivity contribution is -0.151. The lowest BCUT2D eigenvalue weighted by Crippen LogP contribution is -2.60. The molecule has 7 heteroatoms. The zero-order valence-electron chi connectivity index (χ0n) is 16.4. The summed E-state index contributed by atoms with van der Waals surface area (Å²) in [6.07, 6.45) is 3.32. The molecule has 2 fully saturated rings. The number of unbranched alkanes of at least 4 members (excludes halogenated alkanes) is 1. The Balaban J connectivity index is 1.68. The molecule has 148 valence electrons. The van der Waals surface area contributed by atoms with E-state index in [1.807, 2.05) is 31.3 Å². The van der Waals surface area contributed by atoms with Crippen molar-refractivity contribution in [3.05, 3.63) is 29.8 Å². The summed E-state index contributed by atoms with van der Waals surface area (Å²) >= 11 is 0. The third-order valence-electron chi connectivity index (χ3n) is 5.53. The van der Waals surface area contributed by atoms with Crippen LogP contribution in [0.15, 0.2) is 24.3 Å². The number of likely N-dealkylation sites (N-methyl/N-ethyl adjacent to an activating group) is 1. The Bertz CT molecular complexity index is 681. The van der Waals surface area contributed by atoms with Gasteiger partial charge in [0.05, 0.1) is 7.11 Å². The number of hydrogen-bond acceptors (Lipinski definition) is 5. The summed E-state index contributed by atoms with van der Waals surface area (Å²) in [5.74, 6) is 0.863. The first kappa shape index (κ1) is 19.6. The summed E-state index contributed by atoms with van der Waals surface area (Å²) in [5, 5.41) is 0. The third-order valence-corrected chi connectivity index (χ3v) is 5.53. The van der Waals surface area contributed by atoms with Gasteiger partial charge in [0.25, 0.3) is 0 Å². The zero-order valence-corrected chi connectivity index (χ0v) is 16.4. The lowest BCUT2D eigenvalue weighted by Gasteiger charge is -2.40. The summed E-state index contributed by atoms with van der Waals surface area (Å²) in [4.78, 5) is 29.3. The molecule has 27 heavy (non-hydrogen) atoms. The van der Waals surface area contributed by atoms with E-state index in [2.05, 4.69) is 17.8 Å². The number of carbonyl (C=O) groups is 2. The van der Waals surface area contributed by atoms with Crippen molar-refractivity contribution in [1.82, 2.24) is 20.7 Å². The van der Waals surface area contributed by atoms with Crippen molar-refractivity contribution < 1.29 is 14.3 Å². The largest absolute Gasteiger partial charge is 0.497 e. The summed E-state index contributed by atoms with van der Waals surface area (Å²) in [5.41, 5.74) is 7.44. The summed E-state index contributed by atoms with van der Waals surface area (Å²) in [6.45, 7) is 3.29. The van der Waals surface area contributed by atoms with Gasteiger partial charge in [-0.25, -0.2) is 10.9 Å². The second-order valence-corrected chi connectivity index (χ2v) is 7.36. The summed E-state index contributed by atoms with van der Waals surface area (Å²) in [7, 11) is 3.46. The number of amides is 2. The highest BCUT2D eigenvalue weighted by Gasteiger charge is 2.40. The third kappa shape index (κ3) is 4.25. The monoisotopic (exact) mass is 374 g/mol. The number of benzene rings is 1. The average Bonchev–Trinajstić information content (AvgIpc) is 3.19. The molecule has 0 saturated carbocycles. The smallest absolute Gasteiger partial charge is 0.245 e. The van der Waals surface area contributed by atoms with Crippen molar-refractivity contribution in [2.45, 2.75) is 50.7 Å². The van der Waals surface area contributed by atoms with Gasteiger partial charge in [-0.15, -0.1) is 0 Å². The van der Waals surface area contributed by atoms with Gasteiger partial charge < -0.3 is 14.5 Å². The first-order chi connectivity index (χ1) is 13.0. The number of ether oxygens (including phenoxy) is 1. The van der Waals surface area contributed by atoms with Crippen molar-refractivity contribution in [2.75, 3.05) is 27.2 Å². The molecule has 1 aromatic carbocycles. The van der Waals surface area contributed by atoms with E-state index in [0.717, 1.165) is 30.6 Å². The SMILES string of the molecule is CCCCC1C(=O)N(C)CCN1C(=O)C1CC(c2cccc(OC)c2)NN1. The second kappa shape index (κ2) is 8.71. The fourth-order valence-electron chi connectivity index (χ4n) is 3.85. The van der Waals surface area contributed by atoms with Gasteiger partial charge >= 0.3 is 0 Å². The Morgan fingerprint density at radius 2 is 2.11 bits per heavy atom. The molecular formula is C20H30N4O3. The number of rotatable bonds is 6. The molecule has 2 aliphatic rings. The van der Waals surface area contributed by atoms with Gasteiger partial charge in [-0.05, 0) is 30.5 Å². The molecule has 2 aliphatic heterocycles. The molecule has 0 bridgehead atoms. The Morgan fingerprint density at radius 3 is 2.85 bits per heavy atom. The highest BCUT2D eigenvalue weighted by Crippen LogP contribution is 2.27. The molecule has 0 radical (unpaired) electrons. The molecule has 0 spiro atoms.